The summed E-state index contributed by atoms with van der Waals surface area (Å²) in [5.41, 5.74) is 0.725. The molecule has 3 aliphatic carbocycles. The summed E-state index contributed by atoms with van der Waals surface area (Å²) in [7, 11) is -3.18. The van der Waals surface area contributed by atoms with E-state index in [0.29, 0.717) is 18.4 Å². The maximum absolute atomic E-state index is 14.3. The van der Waals surface area contributed by atoms with Crippen LogP contribution in [-0.2, 0) is 37.4 Å². The molecule has 3 aliphatic rings. The monoisotopic (exact) mass is 594 g/mol. The summed E-state index contributed by atoms with van der Waals surface area (Å²) in [6.07, 6.45) is -2.16. The van der Waals surface area contributed by atoms with Gasteiger partial charge in [0, 0.05) is 24.7 Å². The van der Waals surface area contributed by atoms with Crippen molar-refractivity contribution in [1.82, 2.24) is 9.78 Å². The van der Waals surface area contributed by atoms with Gasteiger partial charge in [0.25, 0.3) is 0 Å². The first-order valence-corrected chi connectivity index (χ1v) is 14.8. The average molecular weight is 595 g/mol. The van der Waals surface area contributed by atoms with Crippen LogP contribution in [0.4, 0.5) is 13.2 Å². The van der Waals surface area contributed by atoms with Gasteiger partial charge in [-0.25, -0.2) is 8.42 Å². The van der Waals surface area contributed by atoms with Crippen molar-refractivity contribution in [3.63, 3.8) is 0 Å². The van der Waals surface area contributed by atoms with Gasteiger partial charge in [-0.1, -0.05) is 18.9 Å². The lowest BCUT2D eigenvalue weighted by atomic mass is 9.75. The lowest BCUT2D eigenvalue weighted by Gasteiger charge is -2.34. The molecule has 1 aromatic carbocycles. The molecule has 41 heavy (non-hydrogen) atoms. The zero-order valence-electron chi connectivity index (χ0n) is 22.1. The van der Waals surface area contributed by atoms with E-state index in [0.717, 1.165) is 25.0 Å². The van der Waals surface area contributed by atoms with Gasteiger partial charge in [-0.05, 0) is 49.8 Å². The number of aryl methyl sites for hydroxylation is 1. The van der Waals surface area contributed by atoms with Crippen LogP contribution in [0.15, 0.2) is 35.5 Å². The Bertz CT molecular complexity index is 1540. The van der Waals surface area contributed by atoms with Crippen LogP contribution in [0.2, 0.25) is 0 Å². The van der Waals surface area contributed by atoms with Crippen molar-refractivity contribution in [2.75, 3.05) is 0 Å². The Kier molecular flexibility index (Phi) is 6.97. The topological polar surface area (TPSA) is 165 Å². The van der Waals surface area contributed by atoms with E-state index in [2.05, 4.69) is 5.10 Å². The van der Waals surface area contributed by atoms with Crippen LogP contribution in [0.25, 0.3) is 11.1 Å². The summed E-state index contributed by atoms with van der Waals surface area (Å²) in [5, 5.41) is 22.6. The molecule has 2 aromatic rings. The van der Waals surface area contributed by atoms with Crippen LogP contribution in [0.3, 0.4) is 0 Å². The summed E-state index contributed by atoms with van der Waals surface area (Å²) in [6.45, 7) is 0. The fourth-order valence-electron chi connectivity index (χ4n) is 6.72. The molecule has 0 radical (unpaired) electrons. The van der Waals surface area contributed by atoms with Gasteiger partial charge < -0.3 is 15.6 Å². The Balaban J connectivity index is 1.58. The van der Waals surface area contributed by atoms with Crippen molar-refractivity contribution >= 4 is 21.7 Å². The van der Waals surface area contributed by atoms with Crippen molar-refractivity contribution in [2.24, 2.45) is 29.5 Å². The molecule has 0 bridgehead atoms. The van der Waals surface area contributed by atoms with Crippen LogP contribution < -0.4 is 5.73 Å². The molecule has 5 atom stereocenters. The highest BCUT2D eigenvalue weighted by Gasteiger charge is 2.75. The second-order valence-corrected chi connectivity index (χ2v) is 13.5. The number of ether oxygens (including phenoxy) is 1. The Hall–Kier alpha value is -3.44. The summed E-state index contributed by atoms with van der Waals surface area (Å²) in [4.78, 5) is 24.2. The maximum Gasteiger partial charge on any atom is 0.417 e. The number of carbonyl (C=O) groups is 2. The third kappa shape index (κ3) is 4.68. The number of aliphatic carboxylic acids is 1. The highest BCUT2D eigenvalue weighted by Crippen LogP contribution is 2.67. The molecule has 0 saturated heterocycles. The number of hydrogen-bond acceptors (Lipinski definition) is 7. The minimum atomic E-state index is -5.04. The van der Waals surface area contributed by atoms with Gasteiger partial charge in [-0.15, -0.1) is 0 Å². The SMILES string of the molecule is Cn1cc(-c2ccc(S(=O)(=O)[C@@H]3C[C@H](OC4CCCC4)[C@@](C(=O)O)(C4CC4(C#N)C(N)=O)C3)c(C(F)(F)F)c2)cn1. The van der Waals surface area contributed by atoms with Crippen molar-refractivity contribution < 1.29 is 41.0 Å². The number of carbonyl (C=O) groups excluding carboxylic acids is 1. The Morgan fingerprint density at radius 2 is 1.90 bits per heavy atom. The molecule has 1 heterocycles. The normalized spacial score (nSPS) is 30.3. The van der Waals surface area contributed by atoms with Gasteiger partial charge in [0.05, 0.1) is 40.2 Å². The molecule has 0 spiro atoms. The van der Waals surface area contributed by atoms with Crippen LogP contribution in [0.5, 0.6) is 0 Å². The smallest absolute Gasteiger partial charge is 0.417 e. The second-order valence-electron chi connectivity index (χ2n) is 11.3. The number of nitrogens with two attached hydrogens (primary N) is 1. The zero-order chi connectivity index (χ0) is 30.0. The quantitative estimate of drug-likeness (QED) is 0.469. The Labute approximate surface area is 234 Å². The number of nitriles is 1. The number of amides is 1. The fourth-order valence-corrected chi connectivity index (χ4v) is 8.74. The first-order chi connectivity index (χ1) is 19.2. The molecular formula is C27H29F3N4O6S. The highest BCUT2D eigenvalue weighted by molar-refractivity contribution is 7.92. The number of carboxylic acids is 1. The van der Waals surface area contributed by atoms with Crippen molar-refractivity contribution in [1.29, 1.82) is 5.26 Å². The minimum Gasteiger partial charge on any atom is -0.481 e. The molecular weight excluding hydrogens is 565 g/mol. The molecule has 14 heteroatoms. The van der Waals surface area contributed by atoms with Crippen LogP contribution in [-0.4, -0.2) is 52.6 Å². The molecule has 1 aromatic heterocycles. The Morgan fingerprint density at radius 3 is 2.41 bits per heavy atom. The number of benzene rings is 1. The van der Waals surface area contributed by atoms with E-state index in [-0.39, 0.29) is 18.1 Å². The molecule has 3 N–H and O–H groups in total. The first-order valence-electron chi connectivity index (χ1n) is 13.2. The third-order valence-corrected chi connectivity index (χ3v) is 11.2. The van der Waals surface area contributed by atoms with Crippen LogP contribution in [0, 0.1) is 28.1 Å². The second kappa shape index (κ2) is 9.84. The third-order valence-electron chi connectivity index (χ3n) is 8.96. The van der Waals surface area contributed by atoms with Crippen molar-refractivity contribution in [3.05, 3.63) is 36.2 Å². The minimum absolute atomic E-state index is 0.108. The van der Waals surface area contributed by atoms with Crippen molar-refractivity contribution in [3.8, 4) is 17.2 Å². The predicted molar refractivity (Wildman–Crippen MR) is 136 cm³/mol. The molecule has 0 aliphatic heterocycles. The number of rotatable bonds is 8. The van der Waals surface area contributed by atoms with E-state index in [1.807, 2.05) is 6.07 Å². The molecule has 10 nitrogen and oxygen atoms in total. The number of alkyl halides is 3. The van der Waals surface area contributed by atoms with E-state index in [4.69, 9.17) is 10.5 Å². The van der Waals surface area contributed by atoms with Gasteiger partial charge in [0.15, 0.2) is 9.84 Å². The number of hydrogen-bond donors (Lipinski definition) is 2. The summed E-state index contributed by atoms with van der Waals surface area (Å²) < 4.78 is 78.3. The van der Waals surface area contributed by atoms with E-state index < -0.39 is 79.3 Å². The number of halogens is 3. The predicted octanol–water partition coefficient (Wildman–Crippen LogP) is 3.46. The van der Waals surface area contributed by atoms with E-state index in [1.165, 1.54) is 23.1 Å². The molecule has 5 rings (SSSR count). The zero-order valence-corrected chi connectivity index (χ0v) is 22.9. The Morgan fingerprint density at radius 1 is 1.22 bits per heavy atom. The number of sulfone groups is 1. The fraction of sp³-hybridized carbons (Fsp3) is 0.556. The van der Waals surface area contributed by atoms with E-state index in [9.17, 15) is 41.5 Å². The van der Waals surface area contributed by atoms with Gasteiger partial charge >= 0.3 is 12.1 Å². The summed E-state index contributed by atoms with van der Waals surface area (Å²) in [5.74, 6) is -3.64. The lowest BCUT2D eigenvalue weighted by Crippen LogP contribution is -2.46. The van der Waals surface area contributed by atoms with E-state index >= 15 is 0 Å². The standard InChI is InChI=1S/C27H29F3N4O6S/c1-34-13-16(12-33-34)15-6-7-20(19(8-15)27(28,29)30)41(38,39)18-9-22(40-17-4-2-3-5-17)26(10-18,24(36)37)21-11-25(21,14-31)23(32)35/h6-8,12-13,17-18,21-22H,2-5,9-11H2,1H3,(H2,32,35)(H,36,37)/t18-,21?,22+,25?,26+/m1/s1. The van der Waals surface area contributed by atoms with Crippen LogP contribution in [0.1, 0.15) is 50.5 Å². The van der Waals surface area contributed by atoms with E-state index in [1.54, 1.807) is 7.05 Å². The van der Waals surface area contributed by atoms with Gasteiger partial charge in [0.2, 0.25) is 5.91 Å². The number of primary amides is 1. The first kappa shape index (κ1) is 29.1. The highest BCUT2D eigenvalue weighted by atomic mass is 32.2. The summed E-state index contributed by atoms with van der Waals surface area (Å²) in [6, 6.07) is 4.69. The van der Waals surface area contributed by atoms with Crippen molar-refractivity contribution in [2.45, 2.75) is 73.5 Å². The molecule has 2 unspecified atom stereocenters. The molecule has 1 amide bonds. The maximum atomic E-state index is 14.3. The molecule has 220 valence electrons. The lowest BCUT2D eigenvalue weighted by molar-refractivity contribution is -0.164. The van der Waals surface area contributed by atoms with Gasteiger partial charge in [0.1, 0.15) is 10.8 Å². The average Bonchev–Trinajstić information content (AvgIpc) is 3.25. The van der Waals surface area contributed by atoms with Crippen LogP contribution >= 0.6 is 0 Å². The molecule has 3 fully saturated rings. The number of aromatic nitrogens is 2. The van der Waals surface area contributed by atoms with Gasteiger partial charge in [-0.3, -0.25) is 14.3 Å². The molecule has 3 saturated carbocycles. The largest absolute Gasteiger partial charge is 0.481 e. The number of carboxylic acid groups (broad SMARTS) is 1. The number of nitrogens with zero attached hydrogens (tertiary/aromatic N) is 3. The van der Waals surface area contributed by atoms with Gasteiger partial charge in [-0.2, -0.15) is 23.5 Å². The summed E-state index contributed by atoms with van der Waals surface area (Å²) >= 11 is 0.